The van der Waals surface area contributed by atoms with E-state index < -0.39 is 0 Å². The molecule has 0 saturated carbocycles. The normalized spacial score (nSPS) is 20.1. The van der Waals surface area contributed by atoms with Gasteiger partial charge in [0.05, 0.1) is 6.26 Å². The van der Waals surface area contributed by atoms with Gasteiger partial charge in [0.15, 0.2) is 11.6 Å². The van der Waals surface area contributed by atoms with Crippen LogP contribution in [0.25, 0.3) is 0 Å². The summed E-state index contributed by atoms with van der Waals surface area (Å²) in [6, 6.07) is 6.84. The maximum atomic E-state index is 12.3. The van der Waals surface area contributed by atoms with Crippen LogP contribution in [0.4, 0.5) is 0 Å². The van der Waals surface area contributed by atoms with E-state index in [1.165, 1.54) is 0 Å². The number of hydrogen-bond donors (Lipinski definition) is 1. The third-order valence-electron chi connectivity index (χ3n) is 3.27. The maximum absolute atomic E-state index is 12.3. The molecule has 0 unspecified atom stereocenters. The number of hydrogen-bond acceptors (Lipinski definition) is 3. The van der Waals surface area contributed by atoms with Crippen molar-refractivity contribution in [3.63, 3.8) is 0 Å². The molecular formula is C15H10O3. The number of allylic oxidation sites excluding steroid dienone is 5. The molecule has 3 nitrogen and oxygen atoms in total. The number of carbonyl (C=O) groups excluding carboxylic acids is 2. The smallest absolute Gasteiger partial charge is 0.194 e. The van der Waals surface area contributed by atoms with E-state index in [1.54, 1.807) is 36.4 Å². The van der Waals surface area contributed by atoms with Crippen LogP contribution in [0.3, 0.4) is 0 Å². The standard InChI is InChI=1S/C15H10O3/c16-8-9-5-6-12-13(7-9)15(18)11-4-2-1-3-10(11)14(12)17/h1-6,8,16H,7H2. The second-order valence-corrected chi connectivity index (χ2v) is 4.31. The van der Waals surface area contributed by atoms with Gasteiger partial charge in [0, 0.05) is 28.7 Å². The molecule has 3 rings (SSSR count). The molecule has 18 heavy (non-hydrogen) atoms. The van der Waals surface area contributed by atoms with Gasteiger partial charge in [0.1, 0.15) is 0 Å². The molecule has 0 fully saturated rings. The molecule has 2 aliphatic carbocycles. The van der Waals surface area contributed by atoms with Gasteiger partial charge in [-0.1, -0.05) is 36.4 Å². The molecule has 0 atom stereocenters. The van der Waals surface area contributed by atoms with E-state index in [0.29, 0.717) is 34.3 Å². The van der Waals surface area contributed by atoms with E-state index >= 15 is 0 Å². The summed E-state index contributed by atoms with van der Waals surface area (Å²) in [5, 5.41) is 9.00. The van der Waals surface area contributed by atoms with Crippen molar-refractivity contribution in [2.75, 3.05) is 0 Å². The minimum Gasteiger partial charge on any atom is -0.515 e. The van der Waals surface area contributed by atoms with E-state index in [-0.39, 0.29) is 11.6 Å². The van der Waals surface area contributed by atoms with Crippen molar-refractivity contribution in [2.45, 2.75) is 6.42 Å². The van der Waals surface area contributed by atoms with Crippen molar-refractivity contribution < 1.29 is 14.7 Å². The minimum atomic E-state index is -0.121. The highest BCUT2D eigenvalue weighted by molar-refractivity contribution is 6.28. The van der Waals surface area contributed by atoms with Crippen molar-refractivity contribution in [1.82, 2.24) is 0 Å². The highest BCUT2D eigenvalue weighted by atomic mass is 16.2. The van der Waals surface area contributed by atoms with Crippen LogP contribution in [0, 0.1) is 0 Å². The van der Waals surface area contributed by atoms with E-state index in [2.05, 4.69) is 0 Å². The lowest BCUT2D eigenvalue weighted by molar-refractivity contribution is 0.0975. The summed E-state index contributed by atoms with van der Waals surface area (Å²) in [6.07, 6.45) is 4.55. The van der Waals surface area contributed by atoms with Gasteiger partial charge in [0.25, 0.3) is 0 Å². The van der Waals surface area contributed by atoms with Crippen LogP contribution in [-0.2, 0) is 0 Å². The lowest BCUT2D eigenvalue weighted by Gasteiger charge is -2.22. The minimum absolute atomic E-state index is 0.117. The fraction of sp³-hybridized carbons (Fsp3) is 0.0667. The van der Waals surface area contributed by atoms with Gasteiger partial charge in [-0.2, -0.15) is 0 Å². The Hall–Kier alpha value is -2.42. The summed E-state index contributed by atoms with van der Waals surface area (Å²) in [4.78, 5) is 24.6. The van der Waals surface area contributed by atoms with Crippen LogP contribution in [0.2, 0.25) is 0 Å². The van der Waals surface area contributed by atoms with Gasteiger partial charge < -0.3 is 5.11 Å². The lowest BCUT2D eigenvalue weighted by atomic mass is 9.79. The molecule has 0 spiro atoms. The third kappa shape index (κ3) is 1.37. The van der Waals surface area contributed by atoms with Crippen molar-refractivity contribution in [1.29, 1.82) is 0 Å². The molecule has 0 saturated heterocycles. The van der Waals surface area contributed by atoms with E-state index in [9.17, 15) is 9.59 Å². The summed E-state index contributed by atoms with van der Waals surface area (Å²) in [5.41, 5.74) is 2.47. The predicted molar refractivity (Wildman–Crippen MR) is 66.6 cm³/mol. The van der Waals surface area contributed by atoms with Crippen molar-refractivity contribution >= 4 is 11.6 Å². The highest BCUT2D eigenvalue weighted by Crippen LogP contribution is 2.33. The Balaban J connectivity index is 2.19. The number of fused-ring (bicyclic) bond motifs is 1. The second-order valence-electron chi connectivity index (χ2n) is 4.31. The number of Topliss-reactive ketones (excluding diaryl/α,β-unsaturated/α-hetero) is 2. The largest absolute Gasteiger partial charge is 0.515 e. The molecule has 3 heteroatoms. The molecule has 1 N–H and O–H groups in total. The van der Waals surface area contributed by atoms with Gasteiger partial charge in [-0.05, 0) is 5.57 Å². The maximum Gasteiger partial charge on any atom is 0.194 e. The van der Waals surface area contributed by atoms with Crippen LogP contribution < -0.4 is 0 Å². The zero-order chi connectivity index (χ0) is 12.7. The van der Waals surface area contributed by atoms with E-state index in [0.717, 1.165) is 6.26 Å². The zero-order valence-corrected chi connectivity index (χ0v) is 9.51. The Morgan fingerprint density at radius 3 is 2.33 bits per heavy atom. The molecule has 0 amide bonds. The molecule has 88 valence electrons. The van der Waals surface area contributed by atoms with Crippen LogP contribution in [0.5, 0.6) is 0 Å². The number of aliphatic hydroxyl groups excluding tert-OH is 1. The van der Waals surface area contributed by atoms with Crippen molar-refractivity contribution in [3.8, 4) is 0 Å². The van der Waals surface area contributed by atoms with Gasteiger partial charge in [-0.25, -0.2) is 0 Å². The summed E-state index contributed by atoms with van der Waals surface area (Å²) >= 11 is 0. The van der Waals surface area contributed by atoms with E-state index in [1.807, 2.05) is 0 Å². The number of benzene rings is 1. The molecule has 0 aliphatic heterocycles. The molecule has 2 aliphatic rings. The van der Waals surface area contributed by atoms with Crippen molar-refractivity contribution in [2.24, 2.45) is 0 Å². The Morgan fingerprint density at radius 1 is 1.00 bits per heavy atom. The first-order chi connectivity index (χ1) is 8.72. The Morgan fingerprint density at radius 2 is 1.67 bits per heavy atom. The van der Waals surface area contributed by atoms with Gasteiger partial charge in [-0.15, -0.1) is 0 Å². The summed E-state index contributed by atoms with van der Waals surface area (Å²) in [5.74, 6) is -0.239. The fourth-order valence-corrected chi connectivity index (χ4v) is 2.34. The Bertz CT molecular complexity index is 660. The monoisotopic (exact) mass is 238 g/mol. The van der Waals surface area contributed by atoms with Gasteiger partial charge in [-0.3, -0.25) is 9.59 Å². The molecular weight excluding hydrogens is 228 g/mol. The summed E-state index contributed by atoms with van der Waals surface area (Å²) in [6.45, 7) is 0. The van der Waals surface area contributed by atoms with Crippen LogP contribution in [0.1, 0.15) is 27.1 Å². The predicted octanol–water partition coefficient (Wildman–Crippen LogP) is 2.76. The first-order valence-corrected chi connectivity index (χ1v) is 5.65. The number of rotatable bonds is 0. The molecule has 0 radical (unpaired) electrons. The fourth-order valence-electron chi connectivity index (χ4n) is 2.34. The van der Waals surface area contributed by atoms with Crippen LogP contribution in [0.15, 0.2) is 59.4 Å². The van der Waals surface area contributed by atoms with Crippen molar-refractivity contribution in [3.05, 3.63) is 70.5 Å². The number of ketones is 2. The number of aliphatic hydroxyl groups is 1. The molecule has 0 bridgehead atoms. The van der Waals surface area contributed by atoms with Crippen LogP contribution in [-0.4, -0.2) is 16.7 Å². The first-order valence-electron chi connectivity index (χ1n) is 5.65. The van der Waals surface area contributed by atoms with Crippen LogP contribution >= 0.6 is 0 Å². The number of carbonyl (C=O) groups is 2. The lowest BCUT2D eigenvalue weighted by Crippen LogP contribution is -2.22. The molecule has 0 heterocycles. The average Bonchev–Trinajstić information content (AvgIpc) is 2.44. The molecule has 0 aromatic heterocycles. The molecule has 1 aromatic rings. The average molecular weight is 238 g/mol. The first kappa shape index (κ1) is 10.7. The van der Waals surface area contributed by atoms with Gasteiger partial charge in [0.2, 0.25) is 0 Å². The SMILES string of the molecule is O=C1C2=C(CC(=CO)C=C2)C(=O)c2ccccc21. The zero-order valence-electron chi connectivity index (χ0n) is 9.51. The third-order valence-corrected chi connectivity index (χ3v) is 3.27. The Labute approximate surface area is 104 Å². The Kier molecular flexibility index (Phi) is 2.27. The molecule has 1 aromatic carbocycles. The summed E-state index contributed by atoms with van der Waals surface area (Å²) < 4.78 is 0. The van der Waals surface area contributed by atoms with Gasteiger partial charge >= 0.3 is 0 Å². The quantitative estimate of drug-likeness (QED) is 0.707. The summed E-state index contributed by atoms with van der Waals surface area (Å²) in [7, 11) is 0. The second kappa shape index (κ2) is 3.81. The topological polar surface area (TPSA) is 54.4 Å². The van der Waals surface area contributed by atoms with E-state index in [4.69, 9.17) is 5.11 Å². The highest BCUT2D eigenvalue weighted by Gasteiger charge is 2.32.